The first-order valence-electron chi connectivity index (χ1n) is 4.49. The van der Waals surface area contributed by atoms with E-state index in [-0.39, 0.29) is 16.9 Å². The molecule has 5 nitrogen and oxygen atoms in total. The van der Waals surface area contributed by atoms with Crippen LogP contribution in [-0.4, -0.2) is 27.3 Å². The van der Waals surface area contributed by atoms with Gasteiger partial charge in [0.2, 0.25) is 5.91 Å². The first-order chi connectivity index (χ1) is 7.34. The molecule has 1 aromatic carbocycles. The fraction of sp³-hybridized carbons (Fsp3) is 0.300. The molecule has 0 fully saturated rings. The fourth-order valence-electron chi connectivity index (χ4n) is 1.31. The van der Waals surface area contributed by atoms with Crippen LogP contribution in [0.1, 0.15) is 17.2 Å². The summed E-state index contributed by atoms with van der Waals surface area (Å²) in [5.74, 6) is -2.23. The summed E-state index contributed by atoms with van der Waals surface area (Å²) in [7, 11) is 0. The number of carbonyl (C=O) groups excluding carboxylic acids is 1. The van der Waals surface area contributed by atoms with E-state index in [9.17, 15) is 24.5 Å². The Balaban J connectivity index is 3.17. The van der Waals surface area contributed by atoms with Gasteiger partial charge in [0.25, 0.3) is 0 Å². The number of hydrogen-bond donors (Lipinski definition) is 4. The lowest BCUT2D eigenvalue weighted by molar-refractivity contribution is -0.132. The van der Waals surface area contributed by atoms with Gasteiger partial charge < -0.3 is 21.1 Å². The standard InChI is InChI=1S/C10H12FNO4/c1-4-2-5(11)3-6(7(4)13)8(14)9(15)10(12)16/h2-3,8-9,13-15H,1H3,(H2,12,16). The van der Waals surface area contributed by atoms with Gasteiger partial charge in [0.15, 0.2) is 6.10 Å². The van der Waals surface area contributed by atoms with E-state index in [1.807, 2.05) is 0 Å². The van der Waals surface area contributed by atoms with Crippen molar-refractivity contribution >= 4 is 5.91 Å². The zero-order valence-electron chi connectivity index (χ0n) is 8.51. The van der Waals surface area contributed by atoms with Crippen molar-refractivity contribution in [3.05, 3.63) is 29.1 Å². The van der Waals surface area contributed by atoms with Gasteiger partial charge in [-0.05, 0) is 24.6 Å². The number of aryl methyl sites for hydroxylation is 1. The van der Waals surface area contributed by atoms with E-state index in [0.29, 0.717) is 0 Å². The second kappa shape index (κ2) is 4.46. The van der Waals surface area contributed by atoms with Crippen molar-refractivity contribution in [1.29, 1.82) is 0 Å². The average Bonchev–Trinajstić information content (AvgIpc) is 2.21. The molecule has 0 aliphatic rings. The monoisotopic (exact) mass is 229 g/mol. The number of primary amides is 1. The third-order valence-corrected chi connectivity index (χ3v) is 2.20. The molecule has 0 heterocycles. The maximum atomic E-state index is 13.0. The minimum atomic E-state index is -1.90. The number of rotatable bonds is 3. The number of carbonyl (C=O) groups is 1. The molecule has 1 amide bonds. The molecule has 16 heavy (non-hydrogen) atoms. The molecular formula is C10H12FNO4. The molecule has 6 heteroatoms. The van der Waals surface area contributed by atoms with Gasteiger partial charge in [-0.15, -0.1) is 0 Å². The number of nitrogens with two attached hydrogens (primary N) is 1. The lowest BCUT2D eigenvalue weighted by atomic mass is 10.00. The van der Waals surface area contributed by atoms with E-state index in [0.717, 1.165) is 12.1 Å². The highest BCUT2D eigenvalue weighted by Gasteiger charge is 2.26. The Kier molecular flexibility index (Phi) is 3.46. The zero-order valence-corrected chi connectivity index (χ0v) is 8.51. The summed E-state index contributed by atoms with van der Waals surface area (Å²) in [5, 5.41) is 28.2. The van der Waals surface area contributed by atoms with Gasteiger partial charge in [-0.2, -0.15) is 0 Å². The van der Waals surface area contributed by atoms with E-state index in [4.69, 9.17) is 5.73 Å². The number of amides is 1. The number of phenolic OH excluding ortho intramolecular Hbond substituents is 1. The SMILES string of the molecule is Cc1cc(F)cc(C(O)C(O)C(N)=O)c1O. The Morgan fingerprint density at radius 3 is 2.50 bits per heavy atom. The highest BCUT2D eigenvalue weighted by atomic mass is 19.1. The summed E-state index contributed by atoms with van der Waals surface area (Å²) >= 11 is 0. The molecule has 0 bridgehead atoms. The Bertz CT molecular complexity index is 422. The van der Waals surface area contributed by atoms with Crippen molar-refractivity contribution in [2.45, 2.75) is 19.1 Å². The van der Waals surface area contributed by atoms with Crippen molar-refractivity contribution in [1.82, 2.24) is 0 Å². The molecule has 0 spiro atoms. The minimum Gasteiger partial charge on any atom is -0.507 e. The molecule has 1 aromatic rings. The second-order valence-electron chi connectivity index (χ2n) is 3.45. The largest absolute Gasteiger partial charge is 0.507 e. The summed E-state index contributed by atoms with van der Waals surface area (Å²) in [4.78, 5) is 10.6. The van der Waals surface area contributed by atoms with Gasteiger partial charge in [-0.3, -0.25) is 4.79 Å². The van der Waals surface area contributed by atoms with Crippen molar-refractivity contribution < 1.29 is 24.5 Å². The summed E-state index contributed by atoms with van der Waals surface area (Å²) in [6.45, 7) is 1.42. The van der Waals surface area contributed by atoms with Gasteiger partial charge in [0.1, 0.15) is 17.7 Å². The highest BCUT2D eigenvalue weighted by Crippen LogP contribution is 2.30. The molecule has 88 valence electrons. The molecular weight excluding hydrogens is 217 g/mol. The molecule has 2 atom stereocenters. The van der Waals surface area contributed by atoms with E-state index in [1.165, 1.54) is 6.92 Å². The lowest BCUT2D eigenvalue weighted by Crippen LogP contribution is -2.34. The van der Waals surface area contributed by atoms with Crippen LogP contribution < -0.4 is 5.73 Å². The van der Waals surface area contributed by atoms with Crippen LogP contribution in [0.15, 0.2) is 12.1 Å². The van der Waals surface area contributed by atoms with E-state index >= 15 is 0 Å². The Labute approximate surface area is 90.9 Å². The van der Waals surface area contributed by atoms with Gasteiger partial charge in [0.05, 0.1) is 0 Å². The number of benzene rings is 1. The van der Waals surface area contributed by atoms with Crippen LogP contribution in [0.4, 0.5) is 4.39 Å². The van der Waals surface area contributed by atoms with Gasteiger partial charge in [-0.1, -0.05) is 0 Å². The third-order valence-electron chi connectivity index (χ3n) is 2.20. The fourth-order valence-corrected chi connectivity index (χ4v) is 1.31. The first-order valence-corrected chi connectivity index (χ1v) is 4.49. The normalized spacial score (nSPS) is 14.5. The van der Waals surface area contributed by atoms with Gasteiger partial charge in [0, 0.05) is 5.56 Å². The number of aliphatic hydroxyl groups excluding tert-OH is 2. The molecule has 5 N–H and O–H groups in total. The van der Waals surface area contributed by atoms with Crippen LogP contribution in [-0.2, 0) is 4.79 Å². The molecule has 2 unspecified atom stereocenters. The molecule has 0 saturated heterocycles. The summed E-state index contributed by atoms with van der Waals surface area (Å²) in [6, 6.07) is 1.89. The van der Waals surface area contributed by atoms with Crippen molar-refractivity contribution in [2.75, 3.05) is 0 Å². The quantitative estimate of drug-likeness (QED) is 0.572. The maximum Gasteiger partial charge on any atom is 0.249 e. The Morgan fingerprint density at radius 1 is 1.44 bits per heavy atom. The van der Waals surface area contributed by atoms with E-state index in [1.54, 1.807) is 0 Å². The minimum absolute atomic E-state index is 0.186. The lowest BCUT2D eigenvalue weighted by Gasteiger charge is -2.17. The first kappa shape index (κ1) is 12.4. The second-order valence-corrected chi connectivity index (χ2v) is 3.45. The molecule has 0 aliphatic carbocycles. The van der Waals surface area contributed by atoms with Crippen LogP contribution >= 0.6 is 0 Å². The molecule has 0 radical (unpaired) electrons. The zero-order chi connectivity index (χ0) is 12.5. The molecule has 0 aliphatic heterocycles. The Hall–Kier alpha value is -1.66. The molecule has 0 aromatic heterocycles. The van der Waals surface area contributed by atoms with Crippen LogP contribution in [0, 0.1) is 12.7 Å². The summed E-state index contributed by atoms with van der Waals surface area (Å²) in [6.07, 6.45) is -3.65. The predicted molar refractivity (Wildman–Crippen MR) is 53.0 cm³/mol. The highest BCUT2D eigenvalue weighted by molar-refractivity contribution is 5.79. The third kappa shape index (κ3) is 2.29. The average molecular weight is 229 g/mol. The summed E-state index contributed by atoms with van der Waals surface area (Å²) in [5.41, 5.74) is 4.69. The number of hydrogen-bond acceptors (Lipinski definition) is 4. The predicted octanol–water partition coefficient (Wildman–Crippen LogP) is -0.281. The van der Waals surface area contributed by atoms with E-state index in [2.05, 4.69) is 0 Å². The van der Waals surface area contributed by atoms with Gasteiger partial charge >= 0.3 is 0 Å². The van der Waals surface area contributed by atoms with Crippen molar-refractivity contribution in [3.8, 4) is 5.75 Å². The number of aromatic hydroxyl groups is 1. The summed E-state index contributed by atoms with van der Waals surface area (Å²) < 4.78 is 13.0. The van der Waals surface area contributed by atoms with Crippen LogP contribution in [0.3, 0.4) is 0 Å². The number of phenols is 1. The maximum absolute atomic E-state index is 13.0. The smallest absolute Gasteiger partial charge is 0.249 e. The topological polar surface area (TPSA) is 104 Å². The van der Waals surface area contributed by atoms with Crippen molar-refractivity contribution in [2.24, 2.45) is 5.73 Å². The Morgan fingerprint density at radius 2 is 2.00 bits per heavy atom. The molecule has 0 saturated carbocycles. The van der Waals surface area contributed by atoms with E-state index < -0.39 is 23.9 Å². The molecule has 1 rings (SSSR count). The van der Waals surface area contributed by atoms with Gasteiger partial charge in [-0.25, -0.2) is 4.39 Å². The van der Waals surface area contributed by atoms with Crippen LogP contribution in [0.25, 0.3) is 0 Å². The van der Waals surface area contributed by atoms with Crippen LogP contribution in [0.5, 0.6) is 5.75 Å². The number of aliphatic hydroxyl groups is 2. The van der Waals surface area contributed by atoms with Crippen molar-refractivity contribution in [3.63, 3.8) is 0 Å². The van der Waals surface area contributed by atoms with Crippen LogP contribution in [0.2, 0.25) is 0 Å². The number of halogens is 1.